The van der Waals surface area contributed by atoms with Gasteiger partial charge in [0.05, 0.1) is 0 Å². The lowest BCUT2D eigenvalue weighted by Crippen LogP contribution is -2.39. The lowest BCUT2D eigenvalue weighted by Gasteiger charge is -2.13. The highest BCUT2D eigenvalue weighted by atomic mass is 32.2. The van der Waals surface area contributed by atoms with Crippen LogP contribution in [0.1, 0.15) is 19.8 Å². The Labute approximate surface area is 79.2 Å². The summed E-state index contributed by atoms with van der Waals surface area (Å²) in [5, 5.41) is 2.87. The average Bonchev–Trinajstić information content (AvgIpc) is 2.10. The van der Waals surface area contributed by atoms with E-state index in [0.717, 1.165) is 12.2 Å². The van der Waals surface area contributed by atoms with Crippen molar-refractivity contribution in [3.05, 3.63) is 0 Å². The van der Waals surface area contributed by atoms with Crippen molar-refractivity contribution >= 4 is 24.6 Å². The van der Waals surface area contributed by atoms with Crippen LogP contribution in [0.25, 0.3) is 0 Å². The second-order valence-electron chi connectivity index (χ2n) is 2.65. The van der Waals surface area contributed by atoms with E-state index in [-0.39, 0.29) is 11.9 Å². The van der Waals surface area contributed by atoms with Crippen LogP contribution in [0.5, 0.6) is 0 Å². The predicted molar refractivity (Wildman–Crippen MR) is 56.9 cm³/mol. The van der Waals surface area contributed by atoms with E-state index in [1.165, 1.54) is 0 Å². The molecule has 70 valence electrons. The zero-order chi connectivity index (χ0) is 9.40. The third-order valence-corrected chi connectivity index (χ3v) is 2.29. The van der Waals surface area contributed by atoms with Gasteiger partial charge >= 0.3 is 0 Å². The van der Waals surface area contributed by atoms with Gasteiger partial charge in [-0.05, 0) is 12.2 Å². The molecule has 0 radical (unpaired) electrons. The van der Waals surface area contributed by atoms with Crippen molar-refractivity contribution in [2.45, 2.75) is 25.8 Å². The molecule has 0 spiro atoms. The molecular formula is C7H17BN2OS. The third kappa shape index (κ3) is 5.49. The van der Waals surface area contributed by atoms with E-state index in [4.69, 9.17) is 5.73 Å². The molecule has 0 heterocycles. The largest absolute Gasteiger partial charge is 0.352 e. The number of amides is 1. The van der Waals surface area contributed by atoms with Gasteiger partial charge in [0.1, 0.15) is 0 Å². The Morgan fingerprint density at radius 1 is 1.75 bits per heavy atom. The van der Waals surface area contributed by atoms with Gasteiger partial charge in [-0.25, -0.2) is 11.6 Å². The summed E-state index contributed by atoms with van der Waals surface area (Å²) in [7, 11) is 1.99. The van der Waals surface area contributed by atoms with E-state index in [1.54, 1.807) is 11.6 Å². The number of carbonyl (C=O) groups is 1. The molecule has 12 heavy (non-hydrogen) atoms. The molecule has 0 saturated carbocycles. The zero-order valence-corrected chi connectivity index (χ0v) is 8.62. The lowest BCUT2D eigenvalue weighted by atomic mass is 10.2. The van der Waals surface area contributed by atoms with E-state index in [0.29, 0.717) is 13.0 Å². The fourth-order valence-corrected chi connectivity index (χ4v) is 1.21. The van der Waals surface area contributed by atoms with Crippen molar-refractivity contribution in [1.82, 2.24) is 5.32 Å². The predicted octanol–water partition coefficient (Wildman–Crippen LogP) is -0.489. The van der Waals surface area contributed by atoms with Crippen LogP contribution in [0.4, 0.5) is 0 Å². The summed E-state index contributed by atoms with van der Waals surface area (Å²) in [6.07, 6.45) is 1.50. The van der Waals surface area contributed by atoms with Gasteiger partial charge in [0.25, 0.3) is 0 Å². The van der Waals surface area contributed by atoms with Gasteiger partial charge in [-0.15, -0.1) is 0 Å². The van der Waals surface area contributed by atoms with Crippen LogP contribution in [0.2, 0.25) is 0 Å². The molecule has 3 nitrogen and oxygen atoms in total. The Morgan fingerprint density at radius 3 is 2.83 bits per heavy atom. The van der Waals surface area contributed by atoms with E-state index in [9.17, 15) is 4.79 Å². The summed E-state index contributed by atoms with van der Waals surface area (Å²) in [4.78, 5) is 11.2. The van der Waals surface area contributed by atoms with Crippen molar-refractivity contribution in [2.24, 2.45) is 5.73 Å². The summed E-state index contributed by atoms with van der Waals surface area (Å²) in [6, 6.07) is 0.152. The van der Waals surface area contributed by atoms with E-state index >= 15 is 0 Å². The Hall–Kier alpha value is -0.155. The number of carbonyl (C=O) groups excluding carboxylic acids is 1. The number of nitrogens with one attached hydrogen (secondary N) is 1. The van der Waals surface area contributed by atoms with Crippen LogP contribution in [0, 0.1) is 0 Å². The molecule has 1 unspecified atom stereocenters. The molecule has 0 saturated heterocycles. The summed E-state index contributed by atoms with van der Waals surface area (Å²) in [5.41, 5.74) is 5.44. The highest BCUT2D eigenvalue weighted by molar-refractivity contribution is 8.19. The molecule has 0 aliphatic heterocycles. The van der Waals surface area contributed by atoms with Crippen LogP contribution in [0.15, 0.2) is 0 Å². The van der Waals surface area contributed by atoms with Crippen LogP contribution in [-0.2, 0) is 4.79 Å². The van der Waals surface area contributed by atoms with Crippen molar-refractivity contribution in [2.75, 3.05) is 12.3 Å². The molecule has 0 aliphatic carbocycles. The first kappa shape index (κ1) is 11.8. The maximum absolute atomic E-state index is 11.2. The van der Waals surface area contributed by atoms with Crippen molar-refractivity contribution in [1.29, 1.82) is 0 Å². The van der Waals surface area contributed by atoms with E-state index in [2.05, 4.69) is 5.32 Å². The normalized spacial score (nSPS) is 12.5. The minimum Gasteiger partial charge on any atom is -0.352 e. The van der Waals surface area contributed by atoms with Crippen LogP contribution in [0.3, 0.4) is 0 Å². The number of hydrogen-bond donors (Lipinski definition) is 2. The molecule has 0 aliphatic rings. The van der Waals surface area contributed by atoms with Gasteiger partial charge in [-0.2, -0.15) is 0 Å². The Kier molecular flexibility index (Phi) is 7.40. The molecule has 1 atom stereocenters. The van der Waals surface area contributed by atoms with Crippen molar-refractivity contribution < 1.29 is 4.79 Å². The monoisotopic (exact) mass is 188 g/mol. The molecule has 0 rings (SSSR count). The Bertz CT molecular complexity index is 131. The highest BCUT2D eigenvalue weighted by Crippen LogP contribution is 1.95. The molecule has 5 heteroatoms. The molecule has 0 aromatic heterocycles. The fourth-order valence-electron chi connectivity index (χ4n) is 0.822. The number of hydrogen-bond acceptors (Lipinski definition) is 3. The van der Waals surface area contributed by atoms with Gasteiger partial charge in [-0.1, -0.05) is 6.92 Å². The van der Waals surface area contributed by atoms with Gasteiger partial charge in [-0.3, -0.25) is 4.79 Å². The van der Waals surface area contributed by atoms with Crippen molar-refractivity contribution in [3.63, 3.8) is 0 Å². The van der Waals surface area contributed by atoms with Crippen LogP contribution < -0.4 is 11.1 Å². The SMILES string of the molecule is BSCCC(=O)NC(CC)CN. The molecule has 0 aromatic carbocycles. The summed E-state index contributed by atoms with van der Waals surface area (Å²) < 4.78 is 0. The summed E-state index contributed by atoms with van der Waals surface area (Å²) in [5.74, 6) is 0.994. The minimum absolute atomic E-state index is 0.113. The third-order valence-electron chi connectivity index (χ3n) is 1.68. The summed E-state index contributed by atoms with van der Waals surface area (Å²) >= 11 is 1.68. The molecule has 3 N–H and O–H groups in total. The second kappa shape index (κ2) is 7.49. The van der Waals surface area contributed by atoms with E-state index in [1.807, 2.05) is 14.0 Å². The molecule has 1 amide bonds. The maximum Gasteiger partial charge on any atom is 0.221 e. The molecule has 0 aromatic rings. The average molecular weight is 188 g/mol. The first-order valence-electron chi connectivity index (χ1n) is 4.23. The lowest BCUT2D eigenvalue weighted by molar-refractivity contribution is -0.121. The standard InChI is InChI=1S/C7H17BN2OS/c1-2-6(5-9)10-7(11)3-4-12-8/h6H,2-5,8-9H2,1H3,(H,10,11). The topological polar surface area (TPSA) is 55.1 Å². The Balaban J connectivity index is 3.52. The summed E-state index contributed by atoms with van der Waals surface area (Å²) in [6.45, 7) is 2.55. The molecule has 0 fully saturated rings. The van der Waals surface area contributed by atoms with E-state index < -0.39 is 0 Å². The zero-order valence-electron chi connectivity index (χ0n) is 7.80. The molecular weight excluding hydrogens is 171 g/mol. The van der Waals surface area contributed by atoms with Crippen molar-refractivity contribution in [3.8, 4) is 0 Å². The quantitative estimate of drug-likeness (QED) is 0.553. The van der Waals surface area contributed by atoms with Gasteiger partial charge in [0.15, 0.2) is 7.12 Å². The second-order valence-corrected chi connectivity index (χ2v) is 3.64. The number of nitrogens with two attached hydrogens (primary N) is 1. The van der Waals surface area contributed by atoms with Gasteiger partial charge in [0, 0.05) is 19.0 Å². The smallest absolute Gasteiger partial charge is 0.221 e. The van der Waals surface area contributed by atoms with Gasteiger partial charge in [0.2, 0.25) is 5.91 Å². The van der Waals surface area contributed by atoms with Crippen LogP contribution in [-0.4, -0.2) is 31.4 Å². The fraction of sp³-hybridized carbons (Fsp3) is 0.857. The highest BCUT2D eigenvalue weighted by Gasteiger charge is 2.06. The number of rotatable bonds is 6. The van der Waals surface area contributed by atoms with Gasteiger partial charge < -0.3 is 11.1 Å². The first-order chi connectivity index (χ1) is 5.74. The minimum atomic E-state index is 0.113. The maximum atomic E-state index is 11.2. The van der Waals surface area contributed by atoms with Crippen LogP contribution >= 0.6 is 11.6 Å². The molecule has 0 bridgehead atoms. The first-order valence-corrected chi connectivity index (χ1v) is 5.62. The Morgan fingerprint density at radius 2 is 2.42 bits per heavy atom.